The largest absolute Gasteiger partial charge is 0.422 e. The van der Waals surface area contributed by atoms with Crippen molar-refractivity contribution in [3.05, 3.63) is 52.2 Å². The summed E-state index contributed by atoms with van der Waals surface area (Å²) in [5.41, 5.74) is 1.33. The smallest absolute Gasteiger partial charge is 0.353 e. The zero-order chi connectivity index (χ0) is 13.2. The number of thiophene rings is 1. The van der Waals surface area contributed by atoms with Crippen molar-refractivity contribution in [3.8, 4) is 5.75 Å². The van der Waals surface area contributed by atoms with Crippen molar-refractivity contribution >= 4 is 17.3 Å². The molecule has 18 heavy (non-hydrogen) atoms. The third-order valence-corrected chi connectivity index (χ3v) is 3.50. The van der Waals surface area contributed by atoms with E-state index in [0.29, 0.717) is 10.6 Å². The standard InChI is InChI=1S/C15H16O2S/c1-15(2,3)11-6-8-12(9-7-11)17-14(16)13-5-4-10-18-13/h4-10H,1-3H3. The molecule has 2 aromatic rings. The molecule has 0 N–H and O–H groups in total. The number of benzene rings is 1. The second-order valence-electron chi connectivity index (χ2n) is 5.14. The Hall–Kier alpha value is -1.61. The van der Waals surface area contributed by atoms with E-state index >= 15 is 0 Å². The Morgan fingerprint density at radius 1 is 1.11 bits per heavy atom. The first-order chi connectivity index (χ1) is 8.47. The van der Waals surface area contributed by atoms with Gasteiger partial charge in [-0.25, -0.2) is 4.79 Å². The zero-order valence-electron chi connectivity index (χ0n) is 10.8. The van der Waals surface area contributed by atoms with E-state index in [2.05, 4.69) is 20.8 Å². The lowest BCUT2D eigenvalue weighted by Gasteiger charge is -2.18. The van der Waals surface area contributed by atoms with Gasteiger partial charge in [-0.1, -0.05) is 39.0 Å². The quantitative estimate of drug-likeness (QED) is 0.595. The maximum absolute atomic E-state index is 11.7. The highest BCUT2D eigenvalue weighted by atomic mass is 32.1. The van der Waals surface area contributed by atoms with E-state index in [-0.39, 0.29) is 11.4 Å². The molecule has 0 aliphatic rings. The number of ether oxygens (including phenoxy) is 1. The summed E-state index contributed by atoms with van der Waals surface area (Å²) in [6.45, 7) is 6.46. The molecule has 2 rings (SSSR count). The molecule has 1 aromatic carbocycles. The van der Waals surface area contributed by atoms with Crippen LogP contribution in [0.25, 0.3) is 0 Å². The molecule has 0 fully saturated rings. The molecule has 3 heteroatoms. The van der Waals surface area contributed by atoms with Crippen molar-refractivity contribution in [2.75, 3.05) is 0 Å². The number of carbonyl (C=O) groups is 1. The third-order valence-electron chi connectivity index (χ3n) is 2.65. The van der Waals surface area contributed by atoms with E-state index in [0.717, 1.165) is 0 Å². The summed E-state index contributed by atoms with van der Waals surface area (Å²) in [6.07, 6.45) is 0. The van der Waals surface area contributed by atoms with Crippen LogP contribution in [0.3, 0.4) is 0 Å². The monoisotopic (exact) mass is 260 g/mol. The second kappa shape index (κ2) is 4.94. The lowest BCUT2D eigenvalue weighted by molar-refractivity contribution is 0.0740. The van der Waals surface area contributed by atoms with Gasteiger partial charge in [0.25, 0.3) is 0 Å². The van der Waals surface area contributed by atoms with E-state index in [9.17, 15) is 4.79 Å². The van der Waals surface area contributed by atoms with Crippen molar-refractivity contribution in [1.29, 1.82) is 0 Å². The number of hydrogen-bond acceptors (Lipinski definition) is 3. The van der Waals surface area contributed by atoms with Crippen LogP contribution in [0.15, 0.2) is 41.8 Å². The van der Waals surface area contributed by atoms with Gasteiger partial charge in [0.2, 0.25) is 0 Å². The van der Waals surface area contributed by atoms with Crippen molar-refractivity contribution in [1.82, 2.24) is 0 Å². The van der Waals surface area contributed by atoms with Crippen LogP contribution in [-0.2, 0) is 5.41 Å². The molecule has 94 valence electrons. The van der Waals surface area contributed by atoms with Crippen LogP contribution in [0.1, 0.15) is 36.0 Å². The van der Waals surface area contributed by atoms with Gasteiger partial charge in [-0.2, -0.15) is 0 Å². The van der Waals surface area contributed by atoms with Gasteiger partial charge in [0.05, 0.1) is 0 Å². The minimum Gasteiger partial charge on any atom is -0.422 e. The molecular formula is C15H16O2S. The average molecular weight is 260 g/mol. The minimum atomic E-state index is -0.298. The van der Waals surface area contributed by atoms with Crippen LogP contribution < -0.4 is 4.74 Å². The molecule has 0 radical (unpaired) electrons. The summed E-state index contributed by atoms with van der Waals surface area (Å²) in [6, 6.07) is 11.3. The summed E-state index contributed by atoms with van der Waals surface area (Å²) >= 11 is 1.38. The summed E-state index contributed by atoms with van der Waals surface area (Å²) in [5, 5.41) is 1.86. The van der Waals surface area contributed by atoms with Gasteiger partial charge in [0.15, 0.2) is 0 Å². The first kappa shape index (κ1) is 12.8. The van der Waals surface area contributed by atoms with Crippen LogP contribution in [-0.4, -0.2) is 5.97 Å². The van der Waals surface area contributed by atoms with Crippen molar-refractivity contribution in [2.24, 2.45) is 0 Å². The third kappa shape index (κ3) is 2.99. The fraction of sp³-hybridized carbons (Fsp3) is 0.267. The summed E-state index contributed by atoms with van der Waals surface area (Å²) in [4.78, 5) is 12.4. The van der Waals surface area contributed by atoms with E-state index in [4.69, 9.17) is 4.74 Å². The first-order valence-electron chi connectivity index (χ1n) is 5.83. The molecule has 2 nitrogen and oxygen atoms in total. The van der Waals surface area contributed by atoms with E-state index in [1.54, 1.807) is 6.07 Å². The lowest BCUT2D eigenvalue weighted by atomic mass is 9.87. The van der Waals surface area contributed by atoms with Crippen molar-refractivity contribution in [2.45, 2.75) is 26.2 Å². The van der Waals surface area contributed by atoms with E-state index < -0.39 is 0 Å². The highest BCUT2D eigenvalue weighted by Gasteiger charge is 2.14. The summed E-state index contributed by atoms with van der Waals surface area (Å²) < 4.78 is 5.30. The van der Waals surface area contributed by atoms with Gasteiger partial charge in [-0.15, -0.1) is 11.3 Å². The zero-order valence-corrected chi connectivity index (χ0v) is 11.6. The Kier molecular flexibility index (Phi) is 3.53. The van der Waals surface area contributed by atoms with Crippen LogP contribution in [0, 0.1) is 0 Å². The highest BCUT2D eigenvalue weighted by molar-refractivity contribution is 7.12. The van der Waals surface area contributed by atoms with Gasteiger partial charge >= 0.3 is 5.97 Å². The van der Waals surface area contributed by atoms with Gasteiger partial charge in [-0.3, -0.25) is 0 Å². The molecule has 1 aromatic heterocycles. The van der Waals surface area contributed by atoms with Gasteiger partial charge < -0.3 is 4.74 Å². The Morgan fingerprint density at radius 3 is 2.28 bits per heavy atom. The molecule has 0 amide bonds. The number of esters is 1. The van der Waals surface area contributed by atoms with Crippen LogP contribution in [0.2, 0.25) is 0 Å². The Morgan fingerprint density at radius 2 is 1.78 bits per heavy atom. The molecule has 0 spiro atoms. The van der Waals surface area contributed by atoms with Crippen molar-refractivity contribution < 1.29 is 9.53 Å². The minimum absolute atomic E-state index is 0.107. The molecule has 0 aliphatic carbocycles. The molecule has 0 unspecified atom stereocenters. The van der Waals surface area contributed by atoms with Crippen LogP contribution in [0.5, 0.6) is 5.75 Å². The lowest BCUT2D eigenvalue weighted by Crippen LogP contribution is -2.11. The topological polar surface area (TPSA) is 26.3 Å². The molecular weight excluding hydrogens is 244 g/mol. The molecule has 0 bridgehead atoms. The maximum atomic E-state index is 11.7. The predicted octanol–water partition coefficient (Wildman–Crippen LogP) is 4.26. The first-order valence-corrected chi connectivity index (χ1v) is 6.71. The van der Waals surface area contributed by atoms with Gasteiger partial charge in [0, 0.05) is 0 Å². The van der Waals surface area contributed by atoms with Crippen molar-refractivity contribution in [3.63, 3.8) is 0 Å². The SMILES string of the molecule is CC(C)(C)c1ccc(OC(=O)c2cccs2)cc1. The average Bonchev–Trinajstić information content (AvgIpc) is 2.82. The second-order valence-corrected chi connectivity index (χ2v) is 6.09. The highest BCUT2D eigenvalue weighted by Crippen LogP contribution is 2.24. The Balaban J connectivity index is 2.09. The molecule has 1 heterocycles. The fourth-order valence-corrected chi connectivity index (χ4v) is 2.17. The summed E-state index contributed by atoms with van der Waals surface area (Å²) in [5.74, 6) is 0.287. The normalized spacial score (nSPS) is 11.3. The Bertz CT molecular complexity index is 519. The van der Waals surface area contributed by atoms with E-state index in [1.807, 2.05) is 35.7 Å². The molecule has 0 atom stereocenters. The predicted molar refractivity (Wildman–Crippen MR) is 74.4 cm³/mol. The fourth-order valence-electron chi connectivity index (χ4n) is 1.58. The molecule has 0 saturated heterocycles. The van der Waals surface area contributed by atoms with Gasteiger partial charge in [0.1, 0.15) is 10.6 Å². The number of hydrogen-bond donors (Lipinski definition) is 0. The van der Waals surface area contributed by atoms with Gasteiger partial charge in [-0.05, 0) is 34.6 Å². The van der Waals surface area contributed by atoms with E-state index in [1.165, 1.54) is 16.9 Å². The maximum Gasteiger partial charge on any atom is 0.353 e. The molecule has 0 aliphatic heterocycles. The number of rotatable bonds is 2. The van der Waals surface area contributed by atoms with Crippen LogP contribution >= 0.6 is 11.3 Å². The summed E-state index contributed by atoms with van der Waals surface area (Å²) in [7, 11) is 0. The van der Waals surface area contributed by atoms with Crippen LogP contribution in [0.4, 0.5) is 0 Å². The Labute approximate surface area is 111 Å². The molecule has 0 saturated carbocycles. The number of carbonyl (C=O) groups excluding carboxylic acids is 1.